The molecule has 10 heterocycles. The molecule has 0 aliphatic rings. The number of hydrogen-bond donors (Lipinski definition) is 2. The first kappa shape index (κ1) is 88.0. The average molecular weight is 1670 g/mol. The highest BCUT2D eigenvalue weighted by molar-refractivity contribution is 9.10. The minimum Gasteiger partial charge on any atom is -0.478 e. The van der Waals surface area contributed by atoms with Crippen LogP contribution in [0.4, 0.5) is 0 Å². The van der Waals surface area contributed by atoms with Gasteiger partial charge in [0.15, 0.2) is 28.2 Å². The number of aldehydes is 1. The molecule has 0 saturated carbocycles. The summed E-state index contributed by atoms with van der Waals surface area (Å²) in [4.78, 5) is 55.7. The van der Waals surface area contributed by atoms with Gasteiger partial charge < -0.3 is 14.9 Å². The third-order valence-corrected chi connectivity index (χ3v) is 21.1. The van der Waals surface area contributed by atoms with E-state index in [1.165, 1.54) is 63.8 Å². The van der Waals surface area contributed by atoms with E-state index in [2.05, 4.69) is 174 Å². The number of nitrogens with zero attached hydrogens (tertiary/aromatic N) is 15. The summed E-state index contributed by atoms with van der Waals surface area (Å²) in [6.45, 7) is 31.1. The minimum atomic E-state index is -0.945. The Morgan fingerprint density at radius 3 is 0.842 bits per heavy atom. The number of aliphatic hydroxyl groups is 1. The largest absolute Gasteiger partial charge is 0.478 e. The SMILES string of the molecule is CCc1nn2c(C)cc(C)nc2c1Cc1ccc(/C=C/C(=O)O)cc1.CCc1nn2c(C)cc(C)nc2c1Cc1ccc(/C=C/C(=O)OC)cc1.CCc1nn2c(C)cc(C)nc2c1Cc1ccc(/C=C/C=O)cc1.CCc1nn2c(C)cc(C)nc2c1Cc1ccc(/C=C/CO)cc1.CCc1nn2c(C)cc(C)nc2c1Cc1ccc(Br)cc1. The Hall–Kier alpha value is -12.8. The smallest absolute Gasteiger partial charge is 0.330 e. The van der Waals surface area contributed by atoms with E-state index in [0.717, 1.165) is 228 Å². The van der Waals surface area contributed by atoms with Crippen LogP contribution in [0.25, 0.3) is 52.5 Å². The van der Waals surface area contributed by atoms with Crippen LogP contribution in [-0.4, -0.2) is 115 Å². The standard InChI is InChI=1S/C21H23N3O2.C20H21N3O2.C20H23N3O.C20H21N3O.C17H18BrN3/c1-5-19-18(21-22-14(2)12-15(3)24(21)23-19)13-17-8-6-16(7-9-17)10-11-20(25)26-4;1-4-18-17(20-21-13(2)11-14(3)23(20)22-18)12-16-7-5-15(6-8-16)9-10-19(24)25;2*1-4-19-18(20-21-14(2)12-15(3)23(20)22-19)13-17-9-7-16(8-10-17)6-5-11-24;1-4-16-15(10-13-5-7-14(18)8-6-13)17-19-11(2)9-12(3)21(17)20-16/h6-12H,5,13H2,1-4H3;5-11H,4,12H2,1-3H3,(H,24,25);5-10,12,24H,4,11,13H2,1-3H3;5-12H,4,13H2,1-3H3;5-9H,4,10H2,1-3H3/b11-10+;10-9+;2*6-5+;. The predicted octanol–water partition coefficient (Wildman–Crippen LogP) is 18.8. The molecule has 15 aromatic rings. The number of benzene rings is 5. The van der Waals surface area contributed by atoms with Gasteiger partial charge >= 0.3 is 11.9 Å². The van der Waals surface area contributed by atoms with Gasteiger partial charge in [0.25, 0.3) is 0 Å². The Morgan fingerprint density at radius 1 is 0.367 bits per heavy atom. The van der Waals surface area contributed by atoms with Gasteiger partial charge in [0.2, 0.25) is 0 Å². The number of carboxylic acids is 1. The van der Waals surface area contributed by atoms with Crippen molar-refractivity contribution >= 4 is 86.7 Å². The number of methoxy groups -OCH3 is 1. The Kier molecular flexibility index (Phi) is 30.1. The molecule has 120 heavy (non-hydrogen) atoms. The number of aliphatic hydroxyl groups excluding tert-OH is 1. The van der Waals surface area contributed by atoms with Gasteiger partial charge in [0.05, 0.1) is 42.2 Å². The van der Waals surface area contributed by atoms with Crippen molar-refractivity contribution in [3.05, 3.63) is 344 Å². The fourth-order valence-corrected chi connectivity index (χ4v) is 15.0. The number of esters is 1. The normalized spacial score (nSPS) is 11.4. The van der Waals surface area contributed by atoms with Crippen LogP contribution < -0.4 is 0 Å². The number of hydrogen-bond acceptors (Lipinski definition) is 15. The van der Waals surface area contributed by atoms with E-state index in [9.17, 15) is 14.4 Å². The van der Waals surface area contributed by atoms with Crippen molar-refractivity contribution < 1.29 is 29.3 Å². The van der Waals surface area contributed by atoms with Crippen LogP contribution in [-0.2, 0) is 83.3 Å². The van der Waals surface area contributed by atoms with E-state index >= 15 is 0 Å². The van der Waals surface area contributed by atoms with Crippen molar-refractivity contribution in [2.24, 2.45) is 0 Å². The van der Waals surface area contributed by atoms with E-state index in [1.54, 1.807) is 24.3 Å². The highest BCUT2D eigenvalue weighted by Gasteiger charge is 2.21. The van der Waals surface area contributed by atoms with E-state index in [-0.39, 0.29) is 12.6 Å². The summed E-state index contributed by atoms with van der Waals surface area (Å²) in [6, 6.07) is 51.4. The van der Waals surface area contributed by atoms with E-state index in [4.69, 9.17) is 60.6 Å². The Bertz CT molecular complexity index is 6260. The predicted molar refractivity (Wildman–Crippen MR) is 482 cm³/mol. The number of fused-ring (bicyclic) bond motifs is 5. The molecular weight excluding hydrogens is 1560 g/mol. The summed E-state index contributed by atoms with van der Waals surface area (Å²) in [5.74, 6) is -1.30. The molecule has 0 amide bonds. The first-order valence-corrected chi connectivity index (χ1v) is 41.5. The Balaban J connectivity index is 0.000000147. The monoisotopic (exact) mass is 1670 g/mol. The number of carbonyl (C=O) groups excluding carboxylic acids is 2. The first-order chi connectivity index (χ1) is 57.8. The van der Waals surface area contributed by atoms with Crippen LogP contribution in [0.15, 0.2) is 180 Å². The van der Waals surface area contributed by atoms with Crippen molar-refractivity contribution in [3.63, 3.8) is 0 Å². The van der Waals surface area contributed by atoms with Gasteiger partial charge in [-0.2, -0.15) is 25.5 Å². The molecule has 0 fully saturated rings. The summed E-state index contributed by atoms with van der Waals surface area (Å²) in [5.41, 5.74) is 36.8. The van der Waals surface area contributed by atoms with E-state index in [1.807, 2.05) is 131 Å². The number of halogens is 1. The summed E-state index contributed by atoms with van der Waals surface area (Å²) < 4.78 is 15.5. The number of allylic oxidation sites excluding steroid dienone is 1. The number of carbonyl (C=O) groups is 3. The van der Waals surface area contributed by atoms with Crippen molar-refractivity contribution in [2.45, 2.75) is 168 Å². The van der Waals surface area contributed by atoms with Crippen LogP contribution in [0.1, 0.15) is 198 Å². The van der Waals surface area contributed by atoms with Gasteiger partial charge in [-0.3, -0.25) is 4.79 Å². The maximum absolute atomic E-state index is 11.2. The molecular formula is C98H106BrN15O6. The molecule has 22 heteroatoms. The van der Waals surface area contributed by atoms with Crippen LogP contribution in [0.2, 0.25) is 0 Å². The highest BCUT2D eigenvalue weighted by atomic mass is 79.9. The summed E-state index contributed by atoms with van der Waals surface area (Å²) in [5, 5.41) is 41.2. The maximum Gasteiger partial charge on any atom is 0.330 e. The zero-order valence-corrected chi connectivity index (χ0v) is 73.1. The number of aromatic nitrogens is 15. The van der Waals surface area contributed by atoms with E-state index in [0.29, 0.717) is 0 Å². The van der Waals surface area contributed by atoms with Crippen LogP contribution >= 0.6 is 15.9 Å². The van der Waals surface area contributed by atoms with Gasteiger partial charge in [-0.15, -0.1) is 0 Å². The lowest BCUT2D eigenvalue weighted by Crippen LogP contribution is -1.98. The maximum atomic E-state index is 11.2. The fraction of sp³-hybridized carbons (Fsp3) is 0.276. The van der Waals surface area contributed by atoms with Crippen LogP contribution in [0.3, 0.4) is 0 Å². The van der Waals surface area contributed by atoms with Crippen molar-refractivity contribution in [1.82, 2.24) is 73.0 Å². The number of carboxylic acid groups (broad SMARTS) is 1. The van der Waals surface area contributed by atoms with E-state index < -0.39 is 5.97 Å². The second-order valence-electron chi connectivity index (χ2n) is 29.9. The van der Waals surface area contributed by atoms with Gasteiger partial charge in [-0.25, -0.2) is 57.1 Å². The third-order valence-electron chi connectivity index (χ3n) is 20.6. The quantitative estimate of drug-likeness (QED) is 0.0343. The molecule has 21 nitrogen and oxygen atoms in total. The van der Waals surface area contributed by atoms with Gasteiger partial charge in [0, 0.05) is 133 Å². The topological polar surface area (TPSA) is 252 Å². The molecule has 0 aliphatic carbocycles. The number of aliphatic carboxylic acids is 1. The summed E-state index contributed by atoms with van der Waals surface area (Å²) in [6.07, 6.45) is 22.1. The lowest BCUT2D eigenvalue weighted by atomic mass is 10.0. The molecule has 5 aromatic carbocycles. The Labute approximate surface area is 710 Å². The molecule has 0 aliphatic heterocycles. The van der Waals surface area contributed by atoms with Crippen molar-refractivity contribution in [3.8, 4) is 0 Å². The molecule has 15 rings (SSSR count). The molecule has 616 valence electrons. The molecule has 0 spiro atoms. The molecule has 0 saturated heterocycles. The molecule has 2 N–H and O–H groups in total. The minimum absolute atomic E-state index is 0.0639. The first-order valence-electron chi connectivity index (χ1n) is 40.7. The lowest BCUT2D eigenvalue weighted by molar-refractivity contribution is -0.135. The number of aryl methyl sites for hydroxylation is 15. The van der Waals surface area contributed by atoms with Gasteiger partial charge in [-0.1, -0.05) is 178 Å². The lowest BCUT2D eigenvalue weighted by Gasteiger charge is -2.04. The second kappa shape index (κ2) is 41.1. The Morgan fingerprint density at radius 2 is 0.608 bits per heavy atom. The van der Waals surface area contributed by atoms with Gasteiger partial charge in [0.1, 0.15) is 6.29 Å². The van der Waals surface area contributed by atoms with Gasteiger partial charge in [-0.05, 0) is 212 Å². The molecule has 10 aromatic heterocycles. The summed E-state index contributed by atoms with van der Waals surface area (Å²) in [7, 11) is 1.37. The van der Waals surface area contributed by atoms with Crippen LogP contribution in [0.5, 0.6) is 0 Å². The second-order valence-corrected chi connectivity index (χ2v) is 30.8. The number of ether oxygens (including phenoxy) is 1. The van der Waals surface area contributed by atoms with Crippen LogP contribution in [0, 0.1) is 69.2 Å². The molecule has 0 radical (unpaired) electrons. The van der Waals surface area contributed by atoms with Crippen molar-refractivity contribution in [2.75, 3.05) is 13.7 Å². The molecule has 0 unspecified atom stereocenters. The molecule has 0 atom stereocenters. The molecule has 0 bridgehead atoms. The zero-order valence-electron chi connectivity index (χ0n) is 71.5. The average Bonchev–Trinajstić information content (AvgIpc) is 1.66. The number of rotatable bonds is 23. The zero-order chi connectivity index (χ0) is 85.8. The highest BCUT2D eigenvalue weighted by Crippen LogP contribution is 2.29. The third kappa shape index (κ3) is 22.1. The van der Waals surface area contributed by atoms with Crippen molar-refractivity contribution in [1.29, 1.82) is 0 Å². The fourth-order valence-electron chi connectivity index (χ4n) is 14.7. The summed E-state index contributed by atoms with van der Waals surface area (Å²) >= 11 is 3.48.